The van der Waals surface area contributed by atoms with E-state index < -0.39 is 5.82 Å². The molecule has 2 heterocycles. The average Bonchev–Trinajstić information content (AvgIpc) is 3.28. The molecule has 0 aliphatic carbocycles. The molecule has 0 bridgehead atoms. The van der Waals surface area contributed by atoms with E-state index in [9.17, 15) is 8.78 Å². The predicted octanol–water partition coefficient (Wildman–Crippen LogP) is 3.26. The van der Waals surface area contributed by atoms with E-state index in [1.807, 2.05) is 0 Å². The number of hydrogen-bond acceptors (Lipinski definition) is 4. The molecule has 0 saturated carbocycles. The molecule has 0 saturated heterocycles. The van der Waals surface area contributed by atoms with E-state index in [0.29, 0.717) is 28.3 Å². The molecule has 26 heavy (non-hydrogen) atoms. The lowest BCUT2D eigenvalue weighted by molar-refractivity contribution is 0.627. The lowest BCUT2D eigenvalue weighted by Crippen LogP contribution is -1.97. The molecular weight excluding hydrogens is 338 g/mol. The van der Waals surface area contributed by atoms with Crippen LogP contribution in [0.15, 0.2) is 36.4 Å². The summed E-state index contributed by atoms with van der Waals surface area (Å²) in [5, 5.41) is 14.2. The first kappa shape index (κ1) is 16.1. The molecule has 2 aromatic heterocycles. The van der Waals surface area contributed by atoms with Gasteiger partial charge >= 0.3 is 0 Å². The maximum absolute atomic E-state index is 14.4. The number of halogens is 2. The molecule has 0 spiro atoms. The highest BCUT2D eigenvalue weighted by molar-refractivity contribution is 5.92. The van der Waals surface area contributed by atoms with E-state index in [-0.39, 0.29) is 17.9 Å². The third-order valence-corrected chi connectivity index (χ3v) is 3.94. The van der Waals surface area contributed by atoms with E-state index in [1.54, 1.807) is 30.4 Å². The van der Waals surface area contributed by atoms with Crippen LogP contribution in [0.2, 0.25) is 0 Å². The summed E-state index contributed by atoms with van der Waals surface area (Å²) in [5.74, 6) is 0.100. The normalized spacial score (nSPS) is 11.7. The Morgan fingerprint density at radius 3 is 2.54 bits per heavy atom. The number of H-pyrrole nitrogens is 2. The number of rotatable bonds is 4. The third-order valence-electron chi connectivity index (χ3n) is 3.94. The first-order chi connectivity index (χ1) is 12.6. The van der Waals surface area contributed by atoms with Gasteiger partial charge in [-0.15, -0.1) is 0 Å². The number of nitrogens with two attached hydrogens (primary N) is 1. The summed E-state index contributed by atoms with van der Waals surface area (Å²) in [6.07, 6.45) is 3.55. The first-order valence-electron chi connectivity index (χ1n) is 7.87. The second kappa shape index (κ2) is 6.49. The Balaban J connectivity index is 1.75. The fourth-order valence-corrected chi connectivity index (χ4v) is 2.62. The molecule has 0 aliphatic heterocycles. The fourth-order valence-electron chi connectivity index (χ4n) is 2.62. The maximum Gasteiger partial charge on any atom is 0.181 e. The molecule has 130 valence electrons. The van der Waals surface area contributed by atoms with Gasteiger partial charge in [0.1, 0.15) is 17.2 Å². The number of nitrogens with zero attached hydrogens (tertiary/aromatic N) is 3. The van der Waals surface area contributed by atoms with E-state index in [2.05, 4.69) is 25.4 Å². The van der Waals surface area contributed by atoms with Crippen LogP contribution in [-0.2, 0) is 6.54 Å². The first-order valence-corrected chi connectivity index (χ1v) is 7.87. The summed E-state index contributed by atoms with van der Waals surface area (Å²) in [4.78, 5) is 4.22. The maximum atomic E-state index is 14.4. The van der Waals surface area contributed by atoms with Crippen LogP contribution in [0.3, 0.4) is 0 Å². The van der Waals surface area contributed by atoms with Gasteiger partial charge in [-0.2, -0.15) is 10.2 Å². The molecule has 0 radical (unpaired) electrons. The van der Waals surface area contributed by atoms with Gasteiger partial charge in [-0.05, 0) is 35.9 Å². The molecule has 4 N–H and O–H groups in total. The summed E-state index contributed by atoms with van der Waals surface area (Å²) in [7, 11) is 0. The summed E-state index contributed by atoms with van der Waals surface area (Å²) >= 11 is 0. The lowest BCUT2D eigenvalue weighted by Gasteiger charge is -1.98. The highest BCUT2D eigenvalue weighted by Crippen LogP contribution is 2.27. The Labute approximate surface area is 146 Å². The van der Waals surface area contributed by atoms with Crippen LogP contribution >= 0.6 is 0 Å². The SMILES string of the molecule is NCc1nc(-c2cc(F)c3n[nH]c(/C=C/c4ccc(F)cc4)c3c2)n[nH]1. The zero-order valence-corrected chi connectivity index (χ0v) is 13.5. The van der Waals surface area contributed by atoms with Crippen LogP contribution in [0.5, 0.6) is 0 Å². The Morgan fingerprint density at radius 2 is 1.81 bits per heavy atom. The van der Waals surface area contributed by atoms with Crippen LogP contribution in [0.1, 0.15) is 17.1 Å². The Bertz CT molecular complexity index is 1090. The van der Waals surface area contributed by atoms with Crippen molar-refractivity contribution in [3.63, 3.8) is 0 Å². The molecule has 6 nitrogen and oxygen atoms in total. The fraction of sp³-hybridized carbons (Fsp3) is 0.0556. The van der Waals surface area contributed by atoms with Gasteiger partial charge in [-0.3, -0.25) is 10.2 Å². The van der Waals surface area contributed by atoms with Crippen molar-refractivity contribution in [3.8, 4) is 11.4 Å². The summed E-state index contributed by atoms with van der Waals surface area (Å²) in [6, 6.07) is 9.15. The lowest BCUT2D eigenvalue weighted by atomic mass is 10.1. The van der Waals surface area contributed by atoms with Crippen LogP contribution in [0.4, 0.5) is 8.78 Å². The Morgan fingerprint density at radius 1 is 1.00 bits per heavy atom. The van der Waals surface area contributed by atoms with Gasteiger partial charge in [0.2, 0.25) is 0 Å². The predicted molar refractivity (Wildman–Crippen MR) is 94.6 cm³/mol. The van der Waals surface area contributed by atoms with Crippen molar-refractivity contribution in [1.82, 2.24) is 25.4 Å². The highest BCUT2D eigenvalue weighted by atomic mass is 19.1. The van der Waals surface area contributed by atoms with Crippen molar-refractivity contribution >= 4 is 23.1 Å². The standard InChI is InChI=1S/C18H14F2N6/c19-12-4-1-10(2-5-12)3-6-15-13-7-11(8-14(20)17(13)25-23-15)18-22-16(9-21)24-26-18/h1-8H,9,21H2,(H,23,25)(H,22,24,26)/b6-3+. The Kier molecular flexibility index (Phi) is 4.02. The molecular formula is C18H14F2N6. The zero-order valence-electron chi connectivity index (χ0n) is 13.5. The molecule has 8 heteroatoms. The molecule has 0 fully saturated rings. The van der Waals surface area contributed by atoms with Gasteiger partial charge in [0.05, 0.1) is 12.2 Å². The van der Waals surface area contributed by atoms with Crippen molar-refractivity contribution in [1.29, 1.82) is 0 Å². The average molecular weight is 352 g/mol. The Hall–Kier alpha value is -3.39. The number of aromatic nitrogens is 5. The van der Waals surface area contributed by atoms with E-state index in [4.69, 9.17) is 5.73 Å². The zero-order chi connectivity index (χ0) is 18.1. The molecule has 0 unspecified atom stereocenters. The largest absolute Gasteiger partial charge is 0.324 e. The number of aromatic amines is 2. The number of nitrogens with one attached hydrogen (secondary N) is 2. The monoisotopic (exact) mass is 352 g/mol. The van der Waals surface area contributed by atoms with Crippen LogP contribution in [0, 0.1) is 11.6 Å². The molecule has 0 atom stereocenters. The quantitative estimate of drug-likeness (QED) is 0.525. The van der Waals surface area contributed by atoms with Crippen LogP contribution in [-0.4, -0.2) is 25.4 Å². The van der Waals surface area contributed by atoms with Gasteiger partial charge in [-0.25, -0.2) is 13.8 Å². The van der Waals surface area contributed by atoms with E-state index >= 15 is 0 Å². The minimum absolute atomic E-state index is 0.217. The number of hydrogen-bond donors (Lipinski definition) is 3. The van der Waals surface area contributed by atoms with Gasteiger partial charge in [0.25, 0.3) is 0 Å². The minimum atomic E-state index is -0.478. The summed E-state index contributed by atoms with van der Waals surface area (Å²) < 4.78 is 27.4. The third kappa shape index (κ3) is 2.98. The number of benzene rings is 2. The van der Waals surface area contributed by atoms with Crippen molar-refractivity contribution < 1.29 is 8.78 Å². The molecule has 0 aliphatic rings. The summed E-state index contributed by atoms with van der Waals surface area (Å²) in [5.41, 5.74) is 7.70. The van der Waals surface area contributed by atoms with Crippen molar-refractivity contribution in [2.24, 2.45) is 5.73 Å². The molecule has 0 amide bonds. The number of fused-ring (bicyclic) bond motifs is 1. The molecule has 4 rings (SSSR count). The van der Waals surface area contributed by atoms with Gasteiger partial charge in [-0.1, -0.05) is 18.2 Å². The van der Waals surface area contributed by atoms with E-state index in [1.165, 1.54) is 18.2 Å². The van der Waals surface area contributed by atoms with Crippen LogP contribution < -0.4 is 5.73 Å². The van der Waals surface area contributed by atoms with Gasteiger partial charge in [0.15, 0.2) is 11.6 Å². The second-order valence-corrected chi connectivity index (χ2v) is 5.69. The molecule has 2 aromatic carbocycles. The topological polar surface area (TPSA) is 96.3 Å². The smallest absolute Gasteiger partial charge is 0.181 e. The molecule has 4 aromatic rings. The van der Waals surface area contributed by atoms with Crippen molar-refractivity contribution in [3.05, 3.63) is 65.1 Å². The van der Waals surface area contributed by atoms with Crippen molar-refractivity contribution in [2.45, 2.75) is 6.54 Å². The minimum Gasteiger partial charge on any atom is -0.324 e. The van der Waals surface area contributed by atoms with E-state index in [0.717, 1.165) is 5.56 Å². The van der Waals surface area contributed by atoms with Crippen LogP contribution in [0.25, 0.3) is 34.4 Å². The summed E-state index contributed by atoms with van der Waals surface area (Å²) in [6.45, 7) is 0.217. The van der Waals surface area contributed by atoms with Crippen molar-refractivity contribution in [2.75, 3.05) is 0 Å². The van der Waals surface area contributed by atoms with Gasteiger partial charge in [0, 0.05) is 10.9 Å². The second-order valence-electron chi connectivity index (χ2n) is 5.69. The highest BCUT2D eigenvalue weighted by Gasteiger charge is 2.13. The van der Waals surface area contributed by atoms with Gasteiger partial charge < -0.3 is 5.73 Å².